The molecule has 2 aromatic carbocycles. The number of nitrogens with one attached hydrogen (secondary N) is 1. The van der Waals surface area contributed by atoms with Gasteiger partial charge in [0.25, 0.3) is 5.91 Å². The average Bonchev–Trinajstić information content (AvgIpc) is 2.55. The largest absolute Gasteiger partial charge is 0.411 e. The highest BCUT2D eigenvalue weighted by molar-refractivity contribution is 6.36. The van der Waals surface area contributed by atoms with Crippen LogP contribution in [0.5, 0.6) is 0 Å². The van der Waals surface area contributed by atoms with E-state index in [1.807, 2.05) is 6.07 Å². The third-order valence-electron chi connectivity index (χ3n) is 3.28. The molecule has 5 nitrogen and oxygen atoms in total. The summed E-state index contributed by atoms with van der Waals surface area (Å²) in [5, 5.41) is 15.1. The van der Waals surface area contributed by atoms with Gasteiger partial charge in [0.05, 0.1) is 5.71 Å². The van der Waals surface area contributed by atoms with Gasteiger partial charge in [0.2, 0.25) is 5.00 Å². The van der Waals surface area contributed by atoms with Crippen LogP contribution in [0.25, 0.3) is 0 Å². The Hall–Kier alpha value is -2.53. The minimum Gasteiger partial charge on any atom is -0.411 e. The van der Waals surface area contributed by atoms with Crippen LogP contribution >= 0.6 is 11.6 Å². The summed E-state index contributed by atoms with van der Waals surface area (Å²) in [5.74, 6) is -0.728. The molecule has 0 radical (unpaired) electrons. The van der Waals surface area contributed by atoms with Gasteiger partial charge in [-0.1, -0.05) is 65.3 Å². The summed E-state index contributed by atoms with van der Waals surface area (Å²) in [6.45, 7) is 1.64. The van der Waals surface area contributed by atoms with E-state index in [9.17, 15) is 4.79 Å². The maximum atomic E-state index is 11.9. The molecule has 0 fully saturated rings. The van der Waals surface area contributed by atoms with Crippen molar-refractivity contribution in [3.63, 3.8) is 0 Å². The van der Waals surface area contributed by atoms with E-state index in [0.717, 1.165) is 0 Å². The Morgan fingerprint density at radius 3 is 2.36 bits per heavy atom. The van der Waals surface area contributed by atoms with Crippen molar-refractivity contribution >= 4 is 28.9 Å². The molecule has 0 aliphatic rings. The summed E-state index contributed by atoms with van der Waals surface area (Å²) in [7, 11) is 0. The molecular weight excluding hydrogens is 302 g/mol. The molecule has 0 aliphatic heterocycles. The molecule has 0 aromatic heterocycles. The summed E-state index contributed by atoms with van der Waals surface area (Å²) < 4.78 is 0. The molecule has 1 unspecified atom stereocenters. The van der Waals surface area contributed by atoms with E-state index in [2.05, 4.69) is 10.5 Å². The van der Waals surface area contributed by atoms with Crippen molar-refractivity contribution in [1.82, 2.24) is 0 Å². The van der Waals surface area contributed by atoms with Crippen molar-refractivity contribution in [2.75, 3.05) is 5.32 Å². The SMILES string of the molecule is CC(=NO)c1ccccc1NC(Cl)(C(N)=O)c1ccccc1. The molecule has 2 rings (SSSR count). The summed E-state index contributed by atoms with van der Waals surface area (Å²) >= 11 is 6.47. The smallest absolute Gasteiger partial charge is 0.263 e. The minimum atomic E-state index is -1.60. The van der Waals surface area contributed by atoms with E-state index in [4.69, 9.17) is 22.5 Å². The van der Waals surface area contributed by atoms with Crippen molar-refractivity contribution < 1.29 is 10.0 Å². The number of oxime groups is 1. The van der Waals surface area contributed by atoms with Crippen LogP contribution in [0.2, 0.25) is 0 Å². The third kappa shape index (κ3) is 3.04. The van der Waals surface area contributed by atoms with Crippen LogP contribution in [0.1, 0.15) is 18.1 Å². The first-order valence-electron chi connectivity index (χ1n) is 6.59. The lowest BCUT2D eigenvalue weighted by Crippen LogP contribution is -2.43. The Morgan fingerprint density at radius 1 is 1.18 bits per heavy atom. The predicted octanol–water partition coefficient (Wildman–Crippen LogP) is 2.87. The summed E-state index contributed by atoms with van der Waals surface area (Å²) in [5.41, 5.74) is 7.57. The van der Waals surface area contributed by atoms with Gasteiger partial charge < -0.3 is 16.3 Å². The van der Waals surface area contributed by atoms with E-state index in [-0.39, 0.29) is 0 Å². The van der Waals surface area contributed by atoms with Crippen molar-refractivity contribution in [2.45, 2.75) is 11.9 Å². The first kappa shape index (κ1) is 15.9. The van der Waals surface area contributed by atoms with E-state index < -0.39 is 10.9 Å². The summed E-state index contributed by atoms with van der Waals surface area (Å²) in [6.07, 6.45) is 0. The van der Waals surface area contributed by atoms with Crippen LogP contribution < -0.4 is 11.1 Å². The first-order valence-corrected chi connectivity index (χ1v) is 6.97. The molecule has 0 bridgehead atoms. The average molecular weight is 318 g/mol. The molecule has 0 saturated heterocycles. The number of hydrogen-bond donors (Lipinski definition) is 3. The Morgan fingerprint density at radius 2 is 1.77 bits per heavy atom. The number of para-hydroxylation sites is 1. The fourth-order valence-electron chi connectivity index (χ4n) is 2.09. The lowest BCUT2D eigenvalue weighted by molar-refractivity contribution is -0.120. The lowest BCUT2D eigenvalue weighted by atomic mass is 10.0. The molecule has 114 valence electrons. The molecule has 1 atom stereocenters. The van der Waals surface area contributed by atoms with E-state index in [1.54, 1.807) is 55.5 Å². The lowest BCUT2D eigenvalue weighted by Gasteiger charge is -2.27. The normalized spacial score (nSPS) is 14.2. The first-order chi connectivity index (χ1) is 10.5. The van der Waals surface area contributed by atoms with Gasteiger partial charge in [-0.3, -0.25) is 4.79 Å². The number of carbonyl (C=O) groups is 1. The van der Waals surface area contributed by atoms with Crippen LogP contribution in [0, 0.1) is 0 Å². The Bertz CT molecular complexity index is 704. The molecule has 1 amide bonds. The van der Waals surface area contributed by atoms with Crippen molar-refractivity contribution in [2.24, 2.45) is 10.9 Å². The monoisotopic (exact) mass is 317 g/mol. The van der Waals surface area contributed by atoms with Gasteiger partial charge >= 0.3 is 0 Å². The molecule has 0 aliphatic carbocycles. The summed E-state index contributed by atoms with van der Waals surface area (Å²) in [4.78, 5) is 10.3. The molecule has 6 heteroatoms. The number of carbonyl (C=O) groups excluding carboxylic acids is 1. The van der Waals surface area contributed by atoms with Crippen molar-refractivity contribution in [3.8, 4) is 0 Å². The Balaban J connectivity index is 2.49. The molecular formula is C16H16ClN3O2. The van der Waals surface area contributed by atoms with Gasteiger partial charge in [-0.15, -0.1) is 0 Å². The third-order valence-corrected chi connectivity index (χ3v) is 3.78. The van der Waals surface area contributed by atoms with Crippen molar-refractivity contribution in [3.05, 3.63) is 65.7 Å². The number of amides is 1. The number of nitrogens with zero attached hydrogens (tertiary/aromatic N) is 1. The fourth-order valence-corrected chi connectivity index (χ4v) is 2.32. The maximum absolute atomic E-state index is 11.9. The molecule has 2 aromatic rings. The molecule has 4 N–H and O–H groups in total. The maximum Gasteiger partial charge on any atom is 0.263 e. The van der Waals surface area contributed by atoms with Crippen LogP contribution in [-0.4, -0.2) is 16.8 Å². The number of hydrogen-bond acceptors (Lipinski definition) is 4. The molecule has 0 saturated carbocycles. The number of halogens is 1. The number of rotatable bonds is 5. The second-order valence-electron chi connectivity index (χ2n) is 4.74. The van der Waals surface area contributed by atoms with Gasteiger partial charge in [-0.05, 0) is 13.0 Å². The van der Waals surface area contributed by atoms with Gasteiger partial charge in [-0.2, -0.15) is 0 Å². The highest BCUT2D eigenvalue weighted by Crippen LogP contribution is 2.32. The van der Waals surface area contributed by atoms with E-state index in [1.165, 1.54) is 0 Å². The van der Waals surface area contributed by atoms with Crippen LogP contribution in [0.3, 0.4) is 0 Å². The number of anilines is 1. The second kappa shape index (κ2) is 6.49. The van der Waals surface area contributed by atoms with Crippen molar-refractivity contribution in [1.29, 1.82) is 0 Å². The minimum absolute atomic E-state index is 0.389. The Kier molecular flexibility index (Phi) is 4.68. The zero-order valence-corrected chi connectivity index (χ0v) is 12.7. The Labute approximate surface area is 133 Å². The fraction of sp³-hybridized carbons (Fsp3) is 0.125. The quantitative estimate of drug-likeness (QED) is 0.260. The molecule has 22 heavy (non-hydrogen) atoms. The van der Waals surface area contributed by atoms with Crippen LogP contribution in [-0.2, 0) is 9.79 Å². The van der Waals surface area contributed by atoms with Gasteiger partial charge in [0.1, 0.15) is 0 Å². The van der Waals surface area contributed by atoms with Gasteiger partial charge in [0.15, 0.2) is 0 Å². The van der Waals surface area contributed by atoms with E-state index in [0.29, 0.717) is 22.5 Å². The van der Waals surface area contributed by atoms with Gasteiger partial charge in [-0.25, -0.2) is 0 Å². The zero-order chi connectivity index (χ0) is 16.2. The molecule has 0 heterocycles. The number of alkyl halides is 1. The van der Waals surface area contributed by atoms with Crippen LogP contribution in [0.15, 0.2) is 59.8 Å². The number of nitrogens with two attached hydrogens (primary N) is 1. The standard InChI is InChI=1S/C16H16ClN3O2/c1-11(20-22)13-9-5-6-10-14(13)19-16(17,15(18)21)12-7-3-2-4-8-12/h2-10,19,22H,1H3,(H2,18,21). The predicted molar refractivity (Wildman–Crippen MR) is 87.2 cm³/mol. The molecule has 0 spiro atoms. The highest BCUT2D eigenvalue weighted by Gasteiger charge is 2.36. The topological polar surface area (TPSA) is 87.7 Å². The zero-order valence-electron chi connectivity index (χ0n) is 12.0. The number of benzene rings is 2. The second-order valence-corrected chi connectivity index (χ2v) is 5.31. The number of primary amides is 1. The highest BCUT2D eigenvalue weighted by atomic mass is 35.5. The van der Waals surface area contributed by atoms with Gasteiger partial charge in [0, 0.05) is 16.8 Å². The summed E-state index contributed by atoms with van der Waals surface area (Å²) in [6, 6.07) is 15.8. The van der Waals surface area contributed by atoms with E-state index >= 15 is 0 Å². The van der Waals surface area contributed by atoms with Crippen LogP contribution in [0.4, 0.5) is 5.69 Å².